The second kappa shape index (κ2) is 7.74. The Morgan fingerprint density at radius 1 is 1.23 bits per heavy atom. The van der Waals surface area contributed by atoms with Crippen molar-refractivity contribution >= 4 is 23.3 Å². The van der Waals surface area contributed by atoms with Gasteiger partial charge in [0.05, 0.1) is 22.6 Å². The van der Waals surface area contributed by atoms with Gasteiger partial charge in [-0.2, -0.15) is 13.2 Å². The number of rotatable bonds is 4. The predicted octanol–water partition coefficient (Wildman–Crippen LogP) is 3.98. The van der Waals surface area contributed by atoms with E-state index in [9.17, 15) is 32.6 Å². The third-order valence-electron chi connectivity index (χ3n) is 6.77. The number of alkyl halides is 3. The van der Waals surface area contributed by atoms with Crippen LogP contribution in [-0.4, -0.2) is 42.9 Å². The molecule has 1 aromatic carbocycles. The maximum absolute atomic E-state index is 13.8. The van der Waals surface area contributed by atoms with E-state index in [0.29, 0.717) is 5.69 Å². The number of carbonyl (C=O) groups is 1. The van der Waals surface area contributed by atoms with Crippen LogP contribution in [-0.2, 0) is 11.0 Å². The van der Waals surface area contributed by atoms with Gasteiger partial charge in [0.25, 0.3) is 0 Å². The van der Waals surface area contributed by atoms with Crippen LogP contribution in [0.4, 0.5) is 23.4 Å². The Labute approximate surface area is 201 Å². The molecule has 2 fully saturated rings. The second-order valence-electron chi connectivity index (χ2n) is 8.85. The molecule has 0 unspecified atom stereocenters. The first kappa shape index (κ1) is 23.7. The number of halogens is 5. The highest BCUT2D eigenvalue weighted by Gasteiger charge is 2.75. The number of benzene rings is 1. The van der Waals surface area contributed by atoms with Crippen molar-refractivity contribution in [2.75, 3.05) is 11.5 Å². The van der Waals surface area contributed by atoms with Crippen molar-refractivity contribution in [2.24, 2.45) is 5.41 Å². The number of hydrogen-bond acceptors (Lipinski definition) is 5. The van der Waals surface area contributed by atoms with E-state index in [2.05, 4.69) is 9.97 Å². The second-order valence-corrected chi connectivity index (χ2v) is 9.26. The molecule has 12 heteroatoms. The zero-order chi connectivity index (χ0) is 25.3. The van der Waals surface area contributed by atoms with Crippen LogP contribution >= 0.6 is 11.6 Å². The fourth-order valence-corrected chi connectivity index (χ4v) is 5.07. The molecule has 0 radical (unpaired) electrons. The predicted molar refractivity (Wildman–Crippen MR) is 116 cm³/mol. The highest BCUT2D eigenvalue weighted by molar-refractivity contribution is 6.30. The maximum atomic E-state index is 13.8. The Kier molecular flexibility index (Phi) is 5.24. The number of nitrogens with zero attached hydrogens (tertiary/aromatic N) is 4. The third-order valence-corrected chi connectivity index (χ3v) is 7.06. The molecule has 1 saturated carbocycles. The van der Waals surface area contributed by atoms with Crippen molar-refractivity contribution < 1.29 is 32.6 Å². The Hall–Kier alpha value is -3.02. The summed E-state index contributed by atoms with van der Waals surface area (Å²) < 4.78 is 55.9. The fraction of sp³-hybridized carbons (Fsp3) is 0.348. The SMILES string of the molecule is Cc1cc(C(F)(F)F)cc(N2C(=O)C3(CC3)[C@](O)(CO)[C@H]2c2nccn2-c2ccc(F)c(Cl)c2)n1. The normalized spacial score (nSPS) is 23.4. The van der Waals surface area contributed by atoms with E-state index in [1.165, 1.54) is 36.0 Å². The van der Waals surface area contributed by atoms with Crippen LogP contribution in [0.2, 0.25) is 5.02 Å². The number of aliphatic hydroxyl groups is 2. The molecule has 2 aromatic heterocycles. The van der Waals surface area contributed by atoms with Crippen LogP contribution in [0.25, 0.3) is 5.69 Å². The van der Waals surface area contributed by atoms with Crippen LogP contribution in [0.15, 0.2) is 42.7 Å². The Balaban J connectivity index is 1.73. The van der Waals surface area contributed by atoms with Crippen LogP contribution in [0, 0.1) is 18.2 Å². The molecule has 2 aliphatic rings. The minimum absolute atomic E-state index is 0.0133. The molecule has 7 nitrogen and oxygen atoms in total. The van der Waals surface area contributed by atoms with E-state index < -0.39 is 47.1 Å². The molecule has 1 aliphatic carbocycles. The zero-order valence-corrected chi connectivity index (χ0v) is 19.0. The number of pyridine rings is 1. The van der Waals surface area contributed by atoms with E-state index in [1.807, 2.05) is 0 Å². The highest BCUT2D eigenvalue weighted by Crippen LogP contribution is 2.65. The molecule has 0 bridgehead atoms. The van der Waals surface area contributed by atoms with Gasteiger partial charge in [-0.3, -0.25) is 9.69 Å². The third kappa shape index (κ3) is 3.44. The number of amides is 1. The standard InChI is InChI=1S/C23H19ClF4N4O3/c1-12-8-13(23(26,27)28)9-17(30-12)32-18(22(35,11-33)21(4-5-21)20(32)34)19-29-6-7-31(19)14-2-3-16(25)15(24)10-14/h2-3,6-10,18,33,35H,4-5,11H2,1H3/t18-,22+/m1/s1. The van der Waals surface area contributed by atoms with Gasteiger partial charge in [0.15, 0.2) is 0 Å². The van der Waals surface area contributed by atoms with Crippen LogP contribution in [0.1, 0.15) is 36.0 Å². The topological polar surface area (TPSA) is 91.5 Å². The first-order valence-electron chi connectivity index (χ1n) is 10.6. The van der Waals surface area contributed by atoms with Gasteiger partial charge in [0.1, 0.15) is 29.1 Å². The zero-order valence-electron chi connectivity index (χ0n) is 18.2. The molecule has 184 valence electrons. The fourth-order valence-electron chi connectivity index (χ4n) is 4.89. The highest BCUT2D eigenvalue weighted by atomic mass is 35.5. The van der Waals surface area contributed by atoms with Gasteiger partial charge in [-0.15, -0.1) is 0 Å². The Morgan fingerprint density at radius 2 is 1.94 bits per heavy atom. The average Bonchev–Trinajstić information content (AvgIpc) is 3.44. The van der Waals surface area contributed by atoms with Crippen molar-refractivity contribution in [2.45, 2.75) is 37.6 Å². The summed E-state index contributed by atoms with van der Waals surface area (Å²) in [6.45, 7) is 0.510. The van der Waals surface area contributed by atoms with E-state index >= 15 is 0 Å². The molecule has 1 saturated heterocycles. The van der Waals surface area contributed by atoms with Gasteiger partial charge >= 0.3 is 6.18 Å². The van der Waals surface area contributed by atoms with E-state index in [0.717, 1.165) is 23.1 Å². The number of imidazole rings is 1. The van der Waals surface area contributed by atoms with E-state index in [1.54, 1.807) is 0 Å². The molecular formula is C23H19ClF4N4O3. The summed E-state index contributed by atoms with van der Waals surface area (Å²) in [7, 11) is 0. The van der Waals surface area contributed by atoms with Crippen molar-refractivity contribution in [3.63, 3.8) is 0 Å². The summed E-state index contributed by atoms with van der Waals surface area (Å²) in [4.78, 5) is 23.0. The quantitative estimate of drug-likeness (QED) is 0.518. The number of hydrogen-bond donors (Lipinski definition) is 2. The van der Waals surface area contributed by atoms with Gasteiger partial charge in [0.2, 0.25) is 5.91 Å². The minimum Gasteiger partial charge on any atom is -0.393 e. The molecule has 3 heterocycles. The number of aliphatic hydroxyl groups excluding tert-OH is 1. The molecule has 1 amide bonds. The Morgan fingerprint density at radius 3 is 2.54 bits per heavy atom. The summed E-state index contributed by atoms with van der Waals surface area (Å²) in [5.41, 5.74) is -4.13. The lowest BCUT2D eigenvalue weighted by Crippen LogP contribution is -2.46. The smallest absolute Gasteiger partial charge is 0.393 e. The first-order chi connectivity index (χ1) is 16.4. The summed E-state index contributed by atoms with van der Waals surface area (Å²) in [5, 5.41) is 21.8. The number of aryl methyl sites for hydroxylation is 1. The Bertz CT molecular complexity index is 1340. The average molecular weight is 511 g/mol. The van der Waals surface area contributed by atoms with Crippen LogP contribution < -0.4 is 4.90 Å². The molecule has 1 aliphatic heterocycles. The molecular weight excluding hydrogens is 492 g/mol. The first-order valence-corrected chi connectivity index (χ1v) is 11.0. The lowest BCUT2D eigenvalue weighted by molar-refractivity contribution is -0.137. The molecule has 35 heavy (non-hydrogen) atoms. The lowest BCUT2D eigenvalue weighted by atomic mass is 9.82. The van der Waals surface area contributed by atoms with Crippen molar-refractivity contribution in [3.05, 3.63) is 70.6 Å². The van der Waals surface area contributed by atoms with Crippen molar-refractivity contribution in [1.29, 1.82) is 0 Å². The van der Waals surface area contributed by atoms with E-state index in [-0.39, 0.29) is 35.2 Å². The monoisotopic (exact) mass is 510 g/mol. The number of aromatic nitrogens is 3. The van der Waals surface area contributed by atoms with Crippen molar-refractivity contribution in [3.8, 4) is 5.69 Å². The number of carbonyl (C=O) groups excluding carboxylic acids is 1. The lowest BCUT2D eigenvalue weighted by Gasteiger charge is -2.34. The molecule has 1 spiro atoms. The van der Waals surface area contributed by atoms with Gasteiger partial charge in [0, 0.05) is 23.8 Å². The van der Waals surface area contributed by atoms with Crippen LogP contribution in [0.5, 0.6) is 0 Å². The van der Waals surface area contributed by atoms with Crippen molar-refractivity contribution in [1.82, 2.24) is 14.5 Å². The molecule has 5 rings (SSSR count). The molecule has 3 aromatic rings. The molecule has 2 atom stereocenters. The van der Waals surface area contributed by atoms with Crippen LogP contribution in [0.3, 0.4) is 0 Å². The summed E-state index contributed by atoms with van der Waals surface area (Å²) in [6, 6.07) is 4.02. The minimum atomic E-state index is -4.70. The summed E-state index contributed by atoms with van der Waals surface area (Å²) >= 11 is 5.93. The van der Waals surface area contributed by atoms with Gasteiger partial charge in [-0.25, -0.2) is 14.4 Å². The largest absolute Gasteiger partial charge is 0.416 e. The molecule has 2 N–H and O–H groups in total. The number of anilines is 1. The van der Waals surface area contributed by atoms with Gasteiger partial charge in [-0.05, 0) is 50.1 Å². The summed E-state index contributed by atoms with van der Waals surface area (Å²) in [6.07, 6.45) is -1.40. The summed E-state index contributed by atoms with van der Waals surface area (Å²) in [5.74, 6) is -1.60. The van der Waals surface area contributed by atoms with Gasteiger partial charge in [-0.1, -0.05) is 11.6 Å². The van der Waals surface area contributed by atoms with Gasteiger partial charge < -0.3 is 14.8 Å². The van der Waals surface area contributed by atoms with E-state index in [4.69, 9.17) is 11.6 Å². The maximum Gasteiger partial charge on any atom is 0.416 e.